The number of hydrogen-bond acceptors (Lipinski definition) is 4. The number of carbonyl (C=O) groups excluding carboxylic acids is 1. The minimum absolute atomic E-state index is 0.244. The van der Waals surface area contributed by atoms with Crippen molar-refractivity contribution in [3.63, 3.8) is 0 Å². The molecule has 0 aromatic heterocycles. The van der Waals surface area contributed by atoms with E-state index >= 15 is 0 Å². The predicted molar refractivity (Wildman–Crippen MR) is 97.9 cm³/mol. The van der Waals surface area contributed by atoms with Crippen LogP contribution in [-0.2, 0) is 4.79 Å². The molecule has 0 aliphatic rings. The van der Waals surface area contributed by atoms with E-state index in [9.17, 15) is 14.7 Å². The Balaban J connectivity index is 2.31. The maximum Gasteiger partial charge on any atom is 0.305 e. The zero-order chi connectivity index (χ0) is 19.3. The first kappa shape index (κ1) is 19.3. The molecule has 26 heavy (non-hydrogen) atoms. The van der Waals surface area contributed by atoms with E-state index in [1.54, 1.807) is 30.3 Å². The van der Waals surface area contributed by atoms with Crippen molar-refractivity contribution in [3.05, 3.63) is 58.7 Å². The third kappa shape index (κ3) is 4.53. The lowest BCUT2D eigenvalue weighted by Gasteiger charge is -2.19. The molecule has 2 N–H and O–H groups in total. The molecule has 1 unspecified atom stereocenters. The molecule has 0 heterocycles. The highest BCUT2D eigenvalue weighted by molar-refractivity contribution is 5.95. The van der Waals surface area contributed by atoms with Crippen LogP contribution in [0.1, 0.15) is 39.5 Å². The molecule has 0 spiro atoms. The summed E-state index contributed by atoms with van der Waals surface area (Å²) in [5.41, 5.74) is 3.20. The van der Waals surface area contributed by atoms with Gasteiger partial charge >= 0.3 is 5.97 Å². The number of carboxylic acid groups (broad SMARTS) is 1. The Morgan fingerprint density at radius 2 is 1.69 bits per heavy atom. The van der Waals surface area contributed by atoms with Crippen LogP contribution < -0.4 is 14.8 Å². The van der Waals surface area contributed by atoms with Gasteiger partial charge in [0.25, 0.3) is 5.91 Å². The Morgan fingerprint density at radius 1 is 1.00 bits per heavy atom. The van der Waals surface area contributed by atoms with E-state index in [0.717, 1.165) is 11.1 Å². The maximum atomic E-state index is 12.6. The quantitative estimate of drug-likeness (QED) is 0.794. The van der Waals surface area contributed by atoms with E-state index in [1.165, 1.54) is 14.2 Å². The summed E-state index contributed by atoms with van der Waals surface area (Å²) in [5.74, 6) is -0.328. The average molecular weight is 357 g/mol. The molecule has 0 radical (unpaired) electrons. The first-order valence-corrected chi connectivity index (χ1v) is 8.17. The second-order valence-electron chi connectivity index (χ2n) is 6.04. The normalized spacial score (nSPS) is 11.5. The fraction of sp³-hybridized carbons (Fsp3) is 0.300. The molecule has 1 amide bonds. The number of aryl methyl sites for hydroxylation is 2. The molecule has 0 aliphatic carbocycles. The van der Waals surface area contributed by atoms with E-state index in [0.29, 0.717) is 22.6 Å². The van der Waals surface area contributed by atoms with Gasteiger partial charge in [-0.05, 0) is 54.8 Å². The minimum Gasteiger partial charge on any atom is -0.493 e. The van der Waals surface area contributed by atoms with Crippen LogP contribution >= 0.6 is 0 Å². The molecule has 2 rings (SSSR count). The monoisotopic (exact) mass is 357 g/mol. The number of rotatable bonds is 7. The molecule has 0 saturated heterocycles. The van der Waals surface area contributed by atoms with Crippen molar-refractivity contribution in [2.45, 2.75) is 26.3 Å². The van der Waals surface area contributed by atoms with Gasteiger partial charge in [0.1, 0.15) is 0 Å². The Kier molecular flexibility index (Phi) is 6.22. The standard InChI is InChI=1S/C20H23NO5/c1-12-5-6-15(9-13(12)2)20(24)21-16(11-19(22)23)14-7-8-17(25-3)18(10-14)26-4/h5-10,16H,11H2,1-4H3,(H,21,24)(H,22,23). The molecule has 0 fully saturated rings. The van der Waals surface area contributed by atoms with Crippen molar-refractivity contribution in [1.82, 2.24) is 5.32 Å². The molecular weight excluding hydrogens is 334 g/mol. The zero-order valence-corrected chi connectivity index (χ0v) is 15.3. The van der Waals surface area contributed by atoms with Crippen LogP contribution in [0.2, 0.25) is 0 Å². The van der Waals surface area contributed by atoms with E-state index in [4.69, 9.17) is 9.47 Å². The molecule has 6 nitrogen and oxygen atoms in total. The Labute approximate surface area is 152 Å². The Bertz CT molecular complexity index is 816. The smallest absolute Gasteiger partial charge is 0.305 e. The highest BCUT2D eigenvalue weighted by Gasteiger charge is 2.21. The second kappa shape index (κ2) is 8.38. The lowest BCUT2D eigenvalue weighted by Crippen LogP contribution is -2.30. The van der Waals surface area contributed by atoms with Crippen LogP contribution in [0.5, 0.6) is 11.5 Å². The number of benzene rings is 2. The number of methoxy groups -OCH3 is 2. The summed E-state index contributed by atoms with van der Waals surface area (Å²) in [6, 6.07) is 9.77. The highest BCUT2D eigenvalue weighted by Crippen LogP contribution is 2.31. The number of aliphatic carboxylic acids is 1. The van der Waals surface area contributed by atoms with Crippen LogP contribution in [0, 0.1) is 13.8 Å². The first-order chi connectivity index (χ1) is 12.3. The summed E-state index contributed by atoms with van der Waals surface area (Å²) in [6.45, 7) is 3.89. The van der Waals surface area contributed by atoms with E-state index in [2.05, 4.69) is 5.32 Å². The molecule has 6 heteroatoms. The molecule has 1 atom stereocenters. The number of nitrogens with one attached hydrogen (secondary N) is 1. The number of carboxylic acids is 1. The SMILES string of the molecule is COc1ccc(C(CC(=O)O)NC(=O)c2ccc(C)c(C)c2)cc1OC. The van der Waals surface area contributed by atoms with Crippen molar-refractivity contribution in [1.29, 1.82) is 0 Å². The summed E-state index contributed by atoms with van der Waals surface area (Å²) < 4.78 is 10.5. The van der Waals surface area contributed by atoms with Gasteiger partial charge in [0.15, 0.2) is 11.5 Å². The van der Waals surface area contributed by atoms with Crippen LogP contribution in [0.15, 0.2) is 36.4 Å². The van der Waals surface area contributed by atoms with E-state index in [1.807, 2.05) is 19.9 Å². The van der Waals surface area contributed by atoms with Gasteiger partial charge in [0.05, 0.1) is 26.7 Å². The van der Waals surface area contributed by atoms with Crippen molar-refractivity contribution < 1.29 is 24.2 Å². The second-order valence-corrected chi connectivity index (χ2v) is 6.04. The number of hydrogen-bond donors (Lipinski definition) is 2. The van der Waals surface area contributed by atoms with E-state index < -0.39 is 12.0 Å². The van der Waals surface area contributed by atoms with Gasteiger partial charge in [-0.15, -0.1) is 0 Å². The van der Waals surface area contributed by atoms with Gasteiger partial charge in [-0.2, -0.15) is 0 Å². The highest BCUT2D eigenvalue weighted by atomic mass is 16.5. The summed E-state index contributed by atoms with van der Waals surface area (Å²) in [4.78, 5) is 23.9. The summed E-state index contributed by atoms with van der Waals surface area (Å²) in [7, 11) is 3.02. The number of amides is 1. The number of carbonyl (C=O) groups is 2. The molecule has 0 bridgehead atoms. The van der Waals surface area contributed by atoms with Crippen molar-refractivity contribution in [2.75, 3.05) is 14.2 Å². The largest absolute Gasteiger partial charge is 0.493 e. The fourth-order valence-electron chi connectivity index (χ4n) is 2.62. The van der Waals surface area contributed by atoms with Crippen LogP contribution in [0.3, 0.4) is 0 Å². The summed E-state index contributed by atoms with van der Waals surface area (Å²) in [6.07, 6.45) is -0.244. The molecule has 2 aromatic rings. The van der Waals surface area contributed by atoms with Crippen molar-refractivity contribution in [3.8, 4) is 11.5 Å². The van der Waals surface area contributed by atoms with E-state index in [-0.39, 0.29) is 12.3 Å². The van der Waals surface area contributed by atoms with Gasteiger partial charge < -0.3 is 19.9 Å². The van der Waals surface area contributed by atoms with Crippen LogP contribution in [-0.4, -0.2) is 31.2 Å². The lowest BCUT2D eigenvalue weighted by atomic mass is 10.0. The van der Waals surface area contributed by atoms with Gasteiger partial charge in [0.2, 0.25) is 0 Å². The van der Waals surface area contributed by atoms with Gasteiger partial charge in [-0.1, -0.05) is 12.1 Å². The van der Waals surface area contributed by atoms with Crippen LogP contribution in [0.25, 0.3) is 0 Å². The Hall–Kier alpha value is -3.02. The number of ether oxygens (including phenoxy) is 2. The molecule has 0 aliphatic heterocycles. The maximum absolute atomic E-state index is 12.6. The minimum atomic E-state index is -1.01. The van der Waals surface area contributed by atoms with Gasteiger partial charge in [-0.3, -0.25) is 9.59 Å². The summed E-state index contributed by atoms with van der Waals surface area (Å²) >= 11 is 0. The van der Waals surface area contributed by atoms with Gasteiger partial charge in [-0.25, -0.2) is 0 Å². The molecular formula is C20H23NO5. The molecule has 2 aromatic carbocycles. The third-order valence-corrected chi connectivity index (χ3v) is 4.26. The molecule has 0 saturated carbocycles. The molecule has 138 valence electrons. The third-order valence-electron chi connectivity index (χ3n) is 4.26. The first-order valence-electron chi connectivity index (χ1n) is 8.17. The lowest BCUT2D eigenvalue weighted by molar-refractivity contribution is -0.137. The fourth-order valence-corrected chi connectivity index (χ4v) is 2.62. The predicted octanol–water partition coefficient (Wildman–Crippen LogP) is 3.27. The van der Waals surface area contributed by atoms with Crippen molar-refractivity contribution in [2.24, 2.45) is 0 Å². The van der Waals surface area contributed by atoms with Crippen LogP contribution in [0.4, 0.5) is 0 Å². The Morgan fingerprint density at radius 3 is 2.27 bits per heavy atom. The van der Waals surface area contributed by atoms with Crippen molar-refractivity contribution >= 4 is 11.9 Å². The zero-order valence-electron chi connectivity index (χ0n) is 15.3. The van der Waals surface area contributed by atoms with Gasteiger partial charge in [0, 0.05) is 5.56 Å². The topological polar surface area (TPSA) is 84.9 Å². The average Bonchev–Trinajstić information content (AvgIpc) is 2.62. The summed E-state index contributed by atoms with van der Waals surface area (Å²) in [5, 5.41) is 12.0.